The molecular formula is C14H26N6O. The van der Waals surface area contributed by atoms with Crippen molar-refractivity contribution in [3.63, 3.8) is 0 Å². The fraction of sp³-hybridized carbons (Fsp3) is 0.714. The lowest BCUT2D eigenvalue weighted by Gasteiger charge is -2.37. The van der Waals surface area contributed by atoms with Crippen LogP contribution in [0.1, 0.15) is 6.92 Å². The number of rotatable bonds is 6. The minimum atomic E-state index is 0.464. The number of nitrogens with one attached hydrogen (secondary N) is 2. The first-order chi connectivity index (χ1) is 10.2. The van der Waals surface area contributed by atoms with Crippen LogP contribution in [0.25, 0.3) is 0 Å². The molecule has 0 spiro atoms. The number of nitrogens with zero attached hydrogens (tertiary/aromatic N) is 4. The van der Waals surface area contributed by atoms with Crippen molar-refractivity contribution >= 4 is 11.6 Å². The third kappa shape index (κ3) is 3.95. The molecule has 1 atom stereocenters. The fourth-order valence-corrected chi connectivity index (χ4v) is 2.52. The average molecular weight is 294 g/mol. The van der Waals surface area contributed by atoms with E-state index in [9.17, 15) is 0 Å². The molecule has 21 heavy (non-hydrogen) atoms. The van der Waals surface area contributed by atoms with E-state index < -0.39 is 0 Å². The highest BCUT2D eigenvalue weighted by Crippen LogP contribution is 2.28. The molecular weight excluding hydrogens is 268 g/mol. The molecule has 118 valence electrons. The Kier molecular flexibility index (Phi) is 5.58. The zero-order chi connectivity index (χ0) is 15.2. The summed E-state index contributed by atoms with van der Waals surface area (Å²) in [7, 11) is 5.97. The van der Waals surface area contributed by atoms with Crippen molar-refractivity contribution in [2.75, 3.05) is 64.6 Å². The molecule has 1 saturated heterocycles. The van der Waals surface area contributed by atoms with Crippen LogP contribution in [0.2, 0.25) is 0 Å². The van der Waals surface area contributed by atoms with Crippen molar-refractivity contribution in [3.8, 4) is 5.75 Å². The quantitative estimate of drug-likeness (QED) is 0.795. The number of piperazine rings is 1. The second kappa shape index (κ2) is 7.42. The smallest absolute Gasteiger partial charge is 0.204 e. The Morgan fingerprint density at radius 2 is 1.95 bits per heavy atom. The molecule has 0 radical (unpaired) electrons. The molecule has 0 aliphatic carbocycles. The van der Waals surface area contributed by atoms with E-state index >= 15 is 0 Å². The maximum atomic E-state index is 5.44. The maximum Gasteiger partial charge on any atom is 0.204 e. The summed E-state index contributed by atoms with van der Waals surface area (Å²) in [5.74, 6) is 2.14. The number of aromatic nitrogens is 2. The van der Waals surface area contributed by atoms with E-state index in [1.54, 1.807) is 13.4 Å². The molecule has 0 amide bonds. The van der Waals surface area contributed by atoms with Gasteiger partial charge in [-0.15, -0.1) is 0 Å². The van der Waals surface area contributed by atoms with Gasteiger partial charge in [0.05, 0.1) is 7.11 Å². The van der Waals surface area contributed by atoms with E-state index in [1.807, 2.05) is 6.92 Å². The molecule has 7 heteroatoms. The van der Waals surface area contributed by atoms with Gasteiger partial charge in [0.15, 0.2) is 11.6 Å². The van der Waals surface area contributed by atoms with Crippen LogP contribution in [0.3, 0.4) is 0 Å². The van der Waals surface area contributed by atoms with Crippen LogP contribution in [-0.2, 0) is 0 Å². The number of methoxy groups -OCH3 is 1. The molecule has 0 bridgehead atoms. The zero-order valence-electron chi connectivity index (χ0n) is 13.4. The van der Waals surface area contributed by atoms with Crippen LogP contribution < -0.4 is 15.4 Å². The van der Waals surface area contributed by atoms with Gasteiger partial charge in [0.25, 0.3) is 0 Å². The van der Waals surface area contributed by atoms with Gasteiger partial charge in [-0.25, -0.2) is 9.97 Å². The fourth-order valence-electron chi connectivity index (χ4n) is 2.52. The summed E-state index contributed by atoms with van der Waals surface area (Å²) in [6.07, 6.45) is 1.56. The molecule has 2 N–H and O–H groups in total. The van der Waals surface area contributed by atoms with Crippen LogP contribution in [0, 0.1) is 0 Å². The summed E-state index contributed by atoms with van der Waals surface area (Å²) in [5.41, 5.74) is 0. The van der Waals surface area contributed by atoms with Gasteiger partial charge in [0.2, 0.25) is 5.75 Å². The third-order valence-corrected chi connectivity index (χ3v) is 3.84. The molecule has 7 nitrogen and oxygen atoms in total. The van der Waals surface area contributed by atoms with Crippen LogP contribution >= 0.6 is 0 Å². The summed E-state index contributed by atoms with van der Waals surface area (Å²) < 4.78 is 5.44. The van der Waals surface area contributed by atoms with Crippen LogP contribution in [0.4, 0.5) is 11.6 Å². The molecule has 1 unspecified atom stereocenters. The lowest BCUT2D eigenvalue weighted by molar-refractivity contribution is 0.121. The lowest BCUT2D eigenvalue weighted by Crippen LogP contribution is -2.52. The SMILES string of the molecule is CCNc1ncnc(NCC2CN(C)CCN2C)c1OC. The van der Waals surface area contributed by atoms with Crippen molar-refractivity contribution in [1.29, 1.82) is 0 Å². The molecule has 0 saturated carbocycles. The largest absolute Gasteiger partial charge is 0.490 e. The molecule has 1 aliphatic rings. The molecule has 0 aromatic carbocycles. The Hall–Kier alpha value is -1.60. The first kappa shape index (κ1) is 15.8. The van der Waals surface area contributed by atoms with Gasteiger partial charge in [-0.3, -0.25) is 4.90 Å². The third-order valence-electron chi connectivity index (χ3n) is 3.84. The Morgan fingerprint density at radius 3 is 2.62 bits per heavy atom. The van der Waals surface area contributed by atoms with E-state index in [1.165, 1.54) is 0 Å². The predicted octanol–water partition coefficient (Wildman–Crippen LogP) is 0.575. The summed E-state index contributed by atoms with van der Waals surface area (Å²) in [6, 6.07) is 0.464. The maximum absolute atomic E-state index is 5.44. The van der Waals surface area contributed by atoms with E-state index in [-0.39, 0.29) is 0 Å². The molecule has 1 aromatic rings. The monoisotopic (exact) mass is 294 g/mol. The van der Waals surface area contributed by atoms with Crippen LogP contribution in [-0.4, -0.2) is 79.7 Å². The van der Waals surface area contributed by atoms with Gasteiger partial charge < -0.3 is 20.3 Å². The highest BCUT2D eigenvalue weighted by Gasteiger charge is 2.22. The van der Waals surface area contributed by atoms with Crippen molar-refractivity contribution in [1.82, 2.24) is 19.8 Å². The van der Waals surface area contributed by atoms with Gasteiger partial charge in [-0.2, -0.15) is 0 Å². The zero-order valence-corrected chi connectivity index (χ0v) is 13.4. The topological polar surface area (TPSA) is 65.6 Å². The van der Waals surface area contributed by atoms with Gasteiger partial charge in [0.1, 0.15) is 6.33 Å². The van der Waals surface area contributed by atoms with Crippen molar-refractivity contribution in [2.45, 2.75) is 13.0 Å². The standard InChI is InChI=1S/C14H26N6O/c1-5-15-13-12(21-4)14(18-10-17-13)16-8-11-9-19(2)6-7-20(11)3/h10-11H,5-9H2,1-4H3,(H2,15,16,17,18). The van der Waals surface area contributed by atoms with Gasteiger partial charge >= 0.3 is 0 Å². The molecule has 1 aliphatic heterocycles. The molecule has 2 heterocycles. The van der Waals surface area contributed by atoms with Crippen molar-refractivity contribution in [2.24, 2.45) is 0 Å². The summed E-state index contributed by atoms with van der Waals surface area (Å²) in [5, 5.41) is 6.59. The number of likely N-dealkylation sites (N-methyl/N-ethyl adjacent to an activating group) is 2. The minimum Gasteiger partial charge on any atom is -0.490 e. The second-order valence-corrected chi connectivity index (χ2v) is 5.41. The number of hydrogen-bond donors (Lipinski definition) is 2. The van der Waals surface area contributed by atoms with Crippen LogP contribution in [0.15, 0.2) is 6.33 Å². The molecule has 1 fully saturated rings. The highest BCUT2D eigenvalue weighted by atomic mass is 16.5. The first-order valence-electron chi connectivity index (χ1n) is 7.41. The lowest BCUT2D eigenvalue weighted by atomic mass is 10.2. The van der Waals surface area contributed by atoms with Crippen molar-refractivity contribution in [3.05, 3.63) is 6.33 Å². The van der Waals surface area contributed by atoms with Crippen molar-refractivity contribution < 1.29 is 4.74 Å². The Bertz CT molecular complexity index is 455. The van der Waals surface area contributed by atoms with E-state index in [0.29, 0.717) is 11.8 Å². The number of ether oxygens (including phenoxy) is 1. The normalized spacial score (nSPS) is 20.3. The molecule has 1 aromatic heterocycles. The Labute approximate surface area is 126 Å². The minimum absolute atomic E-state index is 0.464. The predicted molar refractivity (Wildman–Crippen MR) is 85.2 cm³/mol. The van der Waals surface area contributed by atoms with Crippen LogP contribution in [0.5, 0.6) is 5.75 Å². The summed E-state index contributed by atoms with van der Waals surface area (Å²) >= 11 is 0. The van der Waals surface area contributed by atoms with E-state index in [0.717, 1.165) is 44.4 Å². The highest BCUT2D eigenvalue weighted by molar-refractivity contribution is 5.63. The molecule has 2 rings (SSSR count). The summed E-state index contributed by atoms with van der Waals surface area (Å²) in [4.78, 5) is 13.3. The van der Waals surface area contributed by atoms with Gasteiger partial charge in [-0.05, 0) is 21.0 Å². The van der Waals surface area contributed by atoms with E-state index in [2.05, 4.69) is 44.5 Å². The number of anilines is 2. The first-order valence-corrected chi connectivity index (χ1v) is 7.41. The Morgan fingerprint density at radius 1 is 1.24 bits per heavy atom. The van der Waals surface area contributed by atoms with Gasteiger partial charge in [0, 0.05) is 38.8 Å². The average Bonchev–Trinajstić information content (AvgIpc) is 2.48. The Balaban J connectivity index is 2.03. The summed E-state index contributed by atoms with van der Waals surface area (Å²) in [6.45, 7) is 6.92. The van der Waals surface area contributed by atoms with Gasteiger partial charge in [-0.1, -0.05) is 0 Å². The number of hydrogen-bond acceptors (Lipinski definition) is 7. The van der Waals surface area contributed by atoms with E-state index in [4.69, 9.17) is 4.74 Å². The second-order valence-electron chi connectivity index (χ2n) is 5.41.